The third kappa shape index (κ3) is 2.25. The highest BCUT2D eigenvalue weighted by Gasteiger charge is 2.14. The maximum atomic E-state index is 9.47. The van der Waals surface area contributed by atoms with Crippen molar-refractivity contribution in [3.63, 3.8) is 0 Å². The van der Waals surface area contributed by atoms with Gasteiger partial charge in [-0.15, -0.1) is 0 Å². The Kier molecular flexibility index (Phi) is 3.39. The van der Waals surface area contributed by atoms with Crippen LogP contribution in [-0.4, -0.2) is 9.55 Å². The maximum absolute atomic E-state index is 9.47. The first-order chi connectivity index (χ1) is 9.79. The van der Waals surface area contributed by atoms with Crippen molar-refractivity contribution < 1.29 is 0 Å². The van der Waals surface area contributed by atoms with Crippen LogP contribution in [0.15, 0.2) is 42.5 Å². The van der Waals surface area contributed by atoms with Crippen LogP contribution in [0.2, 0.25) is 0 Å². The van der Waals surface area contributed by atoms with Crippen LogP contribution in [0, 0.1) is 17.2 Å². The molecule has 0 saturated heterocycles. The number of fused-ring (bicyclic) bond motifs is 1. The van der Waals surface area contributed by atoms with Gasteiger partial charge in [0.1, 0.15) is 6.07 Å². The van der Waals surface area contributed by atoms with Crippen molar-refractivity contribution in [1.29, 1.82) is 5.26 Å². The highest BCUT2D eigenvalue weighted by Crippen LogP contribution is 2.25. The summed E-state index contributed by atoms with van der Waals surface area (Å²) in [5.74, 6) is 1.22. The highest BCUT2D eigenvalue weighted by molar-refractivity contribution is 5.83. The van der Waals surface area contributed by atoms with Crippen molar-refractivity contribution in [3.05, 3.63) is 48.3 Å². The molecule has 0 saturated carbocycles. The van der Waals surface area contributed by atoms with E-state index in [0.717, 1.165) is 36.1 Å². The van der Waals surface area contributed by atoms with Gasteiger partial charge in [-0.05, 0) is 37.3 Å². The van der Waals surface area contributed by atoms with E-state index < -0.39 is 0 Å². The Labute approximate surface area is 118 Å². The van der Waals surface area contributed by atoms with E-state index in [4.69, 9.17) is 0 Å². The molecule has 1 aliphatic rings. The van der Waals surface area contributed by atoms with Gasteiger partial charge in [-0.3, -0.25) is 0 Å². The summed E-state index contributed by atoms with van der Waals surface area (Å²) in [6.07, 6.45) is 9.74. The standard InChI is InChI=1S/C17H17N3/c1-20-16-10-6-5-9-15(16)19-17(20)14(12-18)11-13-7-3-2-4-8-13/h2-3,5-6,9-11,13H,4,7-8H2,1H3/b14-11+/t13-/m0/s1. The van der Waals surface area contributed by atoms with Crippen molar-refractivity contribution in [2.24, 2.45) is 13.0 Å². The summed E-state index contributed by atoms with van der Waals surface area (Å²) in [4.78, 5) is 4.60. The van der Waals surface area contributed by atoms with Gasteiger partial charge < -0.3 is 4.57 Å². The van der Waals surface area contributed by atoms with Gasteiger partial charge in [-0.2, -0.15) is 5.26 Å². The molecule has 3 heteroatoms. The van der Waals surface area contributed by atoms with E-state index in [1.165, 1.54) is 0 Å². The minimum absolute atomic E-state index is 0.453. The zero-order valence-corrected chi connectivity index (χ0v) is 11.6. The highest BCUT2D eigenvalue weighted by atomic mass is 15.1. The van der Waals surface area contributed by atoms with Crippen molar-refractivity contribution in [2.75, 3.05) is 0 Å². The lowest BCUT2D eigenvalue weighted by atomic mass is 9.92. The molecule has 1 heterocycles. The molecule has 0 fully saturated rings. The Morgan fingerprint density at radius 3 is 2.95 bits per heavy atom. The Morgan fingerprint density at radius 1 is 1.40 bits per heavy atom. The first-order valence-electron chi connectivity index (χ1n) is 6.98. The Balaban J connectivity index is 2.03. The number of benzene rings is 1. The number of aromatic nitrogens is 2. The molecule has 100 valence electrons. The summed E-state index contributed by atoms with van der Waals surface area (Å²) in [5.41, 5.74) is 2.69. The second kappa shape index (κ2) is 5.34. The quantitative estimate of drug-likeness (QED) is 0.610. The third-order valence-electron chi connectivity index (χ3n) is 3.86. The third-order valence-corrected chi connectivity index (χ3v) is 3.86. The van der Waals surface area contributed by atoms with E-state index in [1.54, 1.807) is 0 Å². The second-order valence-electron chi connectivity index (χ2n) is 5.22. The molecule has 0 unspecified atom stereocenters. The zero-order valence-electron chi connectivity index (χ0n) is 11.6. The predicted octanol–water partition coefficient (Wildman–Crippen LogP) is 3.84. The molecule has 2 aromatic rings. The number of rotatable bonds is 2. The number of allylic oxidation sites excluding steroid dienone is 4. The van der Waals surface area contributed by atoms with Crippen LogP contribution in [0.25, 0.3) is 16.6 Å². The van der Waals surface area contributed by atoms with E-state index >= 15 is 0 Å². The minimum atomic E-state index is 0.453. The number of hydrogen-bond acceptors (Lipinski definition) is 2. The summed E-state index contributed by atoms with van der Waals surface area (Å²) in [6, 6.07) is 10.3. The van der Waals surface area contributed by atoms with Crippen LogP contribution < -0.4 is 0 Å². The van der Waals surface area contributed by atoms with E-state index in [2.05, 4.69) is 29.3 Å². The number of nitrogens with zero attached hydrogens (tertiary/aromatic N) is 3. The monoisotopic (exact) mass is 263 g/mol. The molecule has 1 atom stereocenters. The first-order valence-corrected chi connectivity index (χ1v) is 6.98. The van der Waals surface area contributed by atoms with Crippen LogP contribution in [0.1, 0.15) is 25.1 Å². The predicted molar refractivity (Wildman–Crippen MR) is 80.8 cm³/mol. The topological polar surface area (TPSA) is 41.6 Å². The van der Waals surface area contributed by atoms with Gasteiger partial charge in [0.05, 0.1) is 16.6 Å². The van der Waals surface area contributed by atoms with Crippen LogP contribution in [0.5, 0.6) is 0 Å². The lowest BCUT2D eigenvalue weighted by Crippen LogP contribution is -2.02. The molecule has 3 nitrogen and oxygen atoms in total. The number of para-hydroxylation sites is 2. The number of imidazole rings is 1. The molecular formula is C17H17N3. The smallest absolute Gasteiger partial charge is 0.151 e. The fourth-order valence-electron chi connectivity index (χ4n) is 2.75. The molecule has 1 aromatic carbocycles. The van der Waals surface area contributed by atoms with Crippen LogP contribution in [0.3, 0.4) is 0 Å². The molecule has 0 amide bonds. The van der Waals surface area contributed by atoms with Crippen molar-refractivity contribution >= 4 is 16.6 Å². The van der Waals surface area contributed by atoms with Gasteiger partial charge >= 0.3 is 0 Å². The second-order valence-corrected chi connectivity index (χ2v) is 5.22. The van der Waals surface area contributed by atoms with Gasteiger partial charge in [-0.1, -0.05) is 30.4 Å². The maximum Gasteiger partial charge on any atom is 0.151 e. The summed E-state index contributed by atoms with van der Waals surface area (Å²) in [7, 11) is 1.97. The Morgan fingerprint density at radius 2 is 2.25 bits per heavy atom. The van der Waals surface area contributed by atoms with E-state index in [1.807, 2.05) is 35.9 Å². The molecule has 1 aromatic heterocycles. The minimum Gasteiger partial charge on any atom is -0.327 e. The lowest BCUT2D eigenvalue weighted by molar-refractivity contribution is 0.584. The van der Waals surface area contributed by atoms with Crippen molar-refractivity contribution in [2.45, 2.75) is 19.3 Å². The Hall–Kier alpha value is -2.34. The average molecular weight is 263 g/mol. The van der Waals surface area contributed by atoms with Gasteiger partial charge in [-0.25, -0.2) is 4.98 Å². The van der Waals surface area contributed by atoms with E-state index in [9.17, 15) is 5.26 Å². The molecule has 0 bridgehead atoms. The summed E-state index contributed by atoms with van der Waals surface area (Å²) < 4.78 is 2.00. The van der Waals surface area contributed by atoms with E-state index in [0.29, 0.717) is 11.5 Å². The fourth-order valence-corrected chi connectivity index (χ4v) is 2.75. The Bertz CT molecular complexity index is 728. The zero-order chi connectivity index (χ0) is 13.9. The molecule has 0 spiro atoms. The van der Waals surface area contributed by atoms with Gasteiger partial charge in [0.2, 0.25) is 0 Å². The summed E-state index contributed by atoms with van der Waals surface area (Å²) >= 11 is 0. The largest absolute Gasteiger partial charge is 0.327 e. The molecule has 1 aliphatic carbocycles. The molecule has 3 rings (SSSR count). The average Bonchev–Trinajstić information content (AvgIpc) is 2.83. The van der Waals surface area contributed by atoms with Crippen LogP contribution in [0.4, 0.5) is 0 Å². The fraction of sp³-hybridized carbons (Fsp3) is 0.294. The van der Waals surface area contributed by atoms with Gasteiger partial charge in [0.15, 0.2) is 5.82 Å². The van der Waals surface area contributed by atoms with E-state index in [-0.39, 0.29) is 0 Å². The van der Waals surface area contributed by atoms with Crippen molar-refractivity contribution in [3.8, 4) is 6.07 Å². The van der Waals surface area contributed by atoms with Crippen molar-refractivity contribution in [1.82, 2.24) is 9.55 Å². The lowest BCUT2D eigenvalue weighted by Gasteiger charge is -2.13. The normalized spacial score (nSPS) is 19.2. The van der Waals surface area contributed by atoms with Gasteiger partial charge in [0.25, 0.3) is 0 Å². The molecule has 0 aliphatic heterocycles. The summed E-state index contributed by atoms with van der Waals surface area (Å²) in [6.45, 7) is 0. The molecular weight excluding hydrogens is 246 g/mol. The summed E-state index contributed by atoms with van der Waals surface area (Å²) in [5, 5.41) is 9.47. The van der Waals surface area contributed by atoms with Crippen LogP contribution >= 0.6 is 0 Å². The van der Waals surface area contributed by atoms with Gasteiger partial charge in [0, 0.05) is 7.05 Å². The first kappa shape index (κ1) is 12.7. The number of hydrogen-bond donors (Lipinski definition) is 0. The SMILES string of the molecule is Cn1c(/C(C#N)=C/[C@H]2CC=CCC2)nc2ccccc21. The molecule has 20 heavy (non-hydrogen) atoms. The number of nitriles is 1. The molecule has 0 N–H and O–H groups in total. The molecule has 0 radical (unpaired) electrons. The van der Waals surface area contributed by atoms with Crippen LogP contribution in [-0.2, 0) is 7.05 Å². The number of aryl methyl sites for hydroxylation is 1.